The molecule has 0 aliphatic carbocycles. The maximum atomic E-state index is 5.87. The lowest BCUT2D eigenvalue weighted by Gasteiger charge is -2.25. The first-order valence-electron chi connectivity index (χ1n) is 7.89. The van der Waals surface area contributed by atoms with E-state index < -0.39 is 0 Å². The summed E-state index contributed by atoms with van der Waals surface area (Å²) in [5.41, 5.74) is 2.41. The molecular weight excluding hydrogens is 280 g/mol. The van der Waals surface area contributed by atoms with Crippen molar-refractivity contribution in [1.82, 2.24) is 10.2 Å². The fraction of sp³-hybridized carbons (Fsp3) is 0.529. The zero-order valence-electron chi connectivity index (χ0n) is 12.9. The molecule has 0 bridgehead atoms. The first-order chi connectivity index (χ1) is 10.8. The molecule has 5 heteroatoms. The molecule has 1 aromatic carbocycles. The van der Waals surface area contributed by atoms with Gasteiger partial charge in [-0.15, -0.1) is 0 Å². The molecule has 1 aromatic rings. The van der Waals surface area contributed by atoms with E-state index in [-0.39, 0.29) is 0 Å². The van der Waals surface area contributed by atoms with Gasteiger partial charge in [0.05, 0.1) is 19.8 Å². The summed E-state index contributed by atoms with van der Waals surface area (Å²) in [6.07, 6.45) is 2.57. The number of rotatable bonds is 3. The summed E-state index contributed by atoms with van der Waals surface area (Å²) in [6, 6.07) is 6.42. The summed E-state index contributed by atoms with van der Waals surface area (Å²) in [5.74, 6) is 1.80. The zero-order valence-corrected chi connectivity index (χ0v) is 12.9. The van der Waals surface area contributed by atoms with Crippen molar-refractivity contribution in [1.29, 1.82) is 0 Å². The Morgan fingerprint density at radius 3 is 3.18 bits per heavy atom. The molecule has 0 spiro atoms. The van der Waals surface area contributed by atoms with Gasteiger partial charge in [0.1, 0.15) is 18.1 Å². The van der Waals surface area contributed by atoms with Crippen LogP contribution in [0.15, 0.2) is 23.8 Å². The number of methoxy groups -OCH3 is 1. The van der Waals surface area contributed by atoms with E-state index >= 15 is 0 Å². The van der Waals surface area contributed by atoms with Crippen LogP contribution in [0.5, 0.6) is 11.5 Å². The van der Waals surface area contributed by atoms with Gasteiger partial charge in [0, 0.05) is 37.8 Å². The largest absolute Gasteiger partial charge is 0.497 e. The molecule has 2 unspecified atom stereocenters. The Hall–Kier alpha value is -1.56. The molecule has 4 rings (SSSR count). The first kappa shape index (κ1) is 14.1. The number of nitrogens with one attached hydrogen (secondary N) is 1. The Balaban J connectivity index is 1.46. The van der Waals surface area contributed by atoms with E-state index in [0.717, 1.165) is 49.8 Å². The van der Waals surface area contributed by atoms with E-state index in [1.807, 2.05) is 18.2 Å². The van der Waals surface area contributed by atoms with Crippen LogP contribution in [0, 0.1) is 0 Å². The third-order valence-corrected chi connectivity index (χ3v) is 4.60. The number of benzene rings is 1. The van der Waals surface area contributed by atoms with Crippen molar-refractivity contribution < 1.29 is 14.2 Å². The second kappa shape index (κ2) is 5.91. The summed E-state index contributed by atoms with van der Waals surface area (Å²) in [6.45, 7) is 5.45. The van der Waals surface area contributed by atoms with Gasteiger partial charge in [-0.2, -0.15) is 0 Å². The van der Waals surface area contributed by atoms with Gasteiger partial charge in [-0.3, -0.25) is 4.90 Å². The van der Waals surface area contributed by atoms with Crippen LogP contribution in [0.2, 0.25) is 0 Å². The third-order valence-electron chi connectivity index (χ3n) is 4.60. The third kappa shape index (κ3) is 2.72. The molecule has 3 aliphatic heterocycles. The van der Waals surface area contributed by atoms with Gasteiger partial charge >= 0.3 is 0 Å². The molecule has 5 nitrogen and oxygen atoms in total. The van der Waals surface area contributed by atoms with Gasteiger partial charge in [-0.25, -0.2) is 0 Å². The van der Waals surface area contributed by atoms with Crippen LogP contribution in [0.25, 0.3) is 6.08 Å². The first-order valence-corrected chi connectivity index (χ1v) is 7.89. The van der Waals surface area contributed by atoms with Crippen LogP contribution >= 0.6 is 0 Å². The summed E-state index contributed by atoms with van der Waals surface area (Å²) in [7, 11) is 1.69. The van der Waals surface area contributed by atoms with E-state index in [1.165, 1.54) is 5.57 Å². The Bertz CT molecular complexity index is 573. The van der Waals surface area contributed by atoms with Crippen LogP contribution in [-0.4, -0.2) is 63.5 Å². The molecular formula is C17H22N2O3. The summed E-state index contributed by atoms with van der Waals surface area (Å²) >= 11 is 0. The lowest BCUT2D eigenvalue weighted by molar-refractivity contribution is 0.0179. The van der Waals surface area contributed by atoms with Crippen LogP contribution in [-0.2, 0) is 4.74 Å². The van der Waals surface area contributed by atoms with Crippen molar-refractivity contribution in [3.8, 4) is 11.5 Å². The van der Waals surface area contributed by atoms with E-state index in [0.29, 0.717) is 18.8 Å². The molecule has 3 heterocycles. The van der Waals surface area contributed by atoms with Crippen molar-refractivity contribution >= 4 is 6.08 Å². The monoisotopic (exact) mass is 302 g/mol. The van der Waals surface area contributed by atoms with E-state index in [9.17, 15) is 0 Å². The zero-order chi connectivity index (χ0) is 14.9. The minimum absolute atomic E-state index is 0.339. The normalized spacial score (nSPS) is 27.6. The maximum absolute atomic E-state index is 5.87. The van der Waals surface area contributed by atoms with Gasteiger partial charge in [-0.05, 0) is 29.8 Å². The number of hydrogen-bond donors (Lipinski definition) is 1. The van der Waals surface area contributed by atoms with Gasteiger partial charge in [0.2, 0.25) is 0 Å². The number of morpholine rings is 1. The van der Waals surface area contributed by atoms with Crippen molar-refractivity contribution in [3.63, 3.8) is 0 Å². The van der Waals surface area contributed by atoms with Crippen molar-refractivity contribution in [2.75, 3.05) is 46.5 Å². The number of ether oxygens (including phenoxy) is 3. The predicted octanol–water partition coefficient (Wildman–Crippen LogP) is 1.14. The maximum Gasteiger partial charge on any atom is 0.127 e. The molecule has 2 saturated heterocycles. The molecule has 1 N–H and O–H groups in total. The van der Waals surface area contributed by atoms with Crippen LogP contribution in [0.4, 0.5) is 0 Å². The minimum Gasteiger partial charge on any atom is -0.497 e. The molecule has 0 saturated carbocycles. The fourth-order valence-corrected chi connectivity index (χ4v) is 3.51. The Kier molecular flexibility index (Phi) is 3.78. The fourth-order valence-electron chi connectivity index (χ4n) is 3.51. The highest BCUT2D eigenvalue weighted by Gasteiger charge is 2.35. The van der Waals surface area contributed by atoms with Crippen molar-refractivity contribution in [2.24, 2.45) is 0 Å². The molecule has 2 fully saturated rings. The van der Waals surface area contributed by atoms with Gasteiger partial charge in [0.15, 0.2) is 0 Å². The average Bonchev–Trinajstić information content (AvgIpc) is 2.96. The number of fused-ring (bicyclic) bond motifs is 2. The van der Waals surface area contributed by atoms with Gasteiger partial charge in [0.25, 0.3) is 0 Å². The highest BCUT2D eigenvalue weighted by molar-refractivity contribution is 5.64. The van der Waals surface area contributed by atoms with Gasteiger partial charge < -0.3 is 19.5 Å². The lowest BCUT2D eigenvalue weighted by Crippen LogP contribution is -2.47. The highest BCUT2D eigenvalue weighted by atomic mass is 16.5. The van der Waals surface area contributed by atoms with E-state index in [1.54, 1.807) is 7.11 Å². The van der Waals surface area contributed by atoms with Crippen LogP contribution in [0.1, 0.15) is 5.56 Å². The molecule has 3 aliphatic rings. The minimum atomic E-state index is 0.339. The molecule has 0 aromatic heterocycles. The summed E-state index contributed by atoms with van der Waals surface area (Å²) < 4.78 is 17.0. The lowest BCUT2D eigenvalue weighted by atomic mass is 10.1. The smallest absolute Gasteiger partial charge is 0.127 e. The molecule has 0 radical (unpaired) electrons. The number of hydrogen-bond acceptors (Lipinski definition) is 5. The SMILES string of the molecule is COc1ccc2c(c1)C=C(CN1CC3NCCOC3C1)CO2. The molecule has 22 heavy (non-hydrogen) atoms. The van der Waals surface area contributed by atoms with Crippen molar-refractivity contribution in [2.45, 2.75) is 12.1 Å². The van der Waals surface area contributed by atoms with E-state index in [4.69, 9.17) is 14.2 Å². The average molecular weight is 302 g/mol. The topological polar surface area (TPSA) is 43.0 Å². The number of likely N-dealkylation sites (tertiary alicyclic amines) is 1. The Labute approximate surface area is 130 Å². The molecule has 118 valence electrons. The quantitative estimate of drug-likeness (QED) is 0.907. The predicted molar refractivity (Wildman–Crippen MR) is 84.4 cm³/mol. The van der Waals surface area contributed by atoms with E-state index in [2.05, 4.69) is 16.3 Å². The summed E-state index contributed by atoms with van der Waals surface area (Å²) in [4.78, 5) is 2.45. The van der Waals surface area contributed by atoms with Crippen molar-refractivity contribution in [3.05, 3.63) is 29.3 Å². The van der Waals surface area contributed by atoms with Crippen LogP contribution < -0.4 is 14.8 Å². The molecule has 0 amide bonds. The van der Waals surface area contributed by atoms with Crippen LogP contribution in [0.3, 0.4) is 0 Å². The number of nitrogens with zero attached hydrogens (tertiary/aromatic N) is 1. The summed E-state index contributed by atoms with van der Waals surface area (Å²) in [5, 5.41) is 3.55. The van der Waals surface area contributed by atoms with Gasteiger partial charge in [-0.1, -0.05) is 0 Å². The Morgan fingerprint density at radius 2 is 2.32 bits per heavy atom. The second-order valence-corrected chi connectivity index (χ2v) is 6.16. The standard InChI is InChI=1S/C17H22N2O3/c1-20-14-2-3-16-13(7-14)6-12(11-22-16)8-19-9-15-17(10-19)21-5-4-18-15/h2-3,6-7,15,17-18H,4-5,8-11H2,1H3. The Morgan fingerprint density at radius 1 is 1.36 bits per heavy atom. The highest BCUT2D eigenvalue weighted by Crippen LogP contribution is 2.30. The second-order valence-electron chi connectivity index (χ2n) is 6.16. The molecule has 2 atom stereocenters.